The largest absolute Gasteiger partial charge is 0.504 e. The molecule has 24 heteroatoms. The number of hydrogen-bond donors (Lipinski definition) is 4. The number of methoxy groups -OCH3 is 2. The van der Waals surface area contributed by atoms with Crippen LogP contribution in [0.5, 0.6) is 23.0 Å². The van der Waals surface area contributed by atoms with Crippen molar-refractivity contribution < 1.29 is 106 Å². The van der Waals surface area contributed by atoms with Gasteiger partial charge in [-0.25, -0.2) is 0 Å². The van der Waals surface area contributed by atoms with Crippen molar-refractivity contribution in [1.82, 2.24) is 9.80 Å². The number of rotatable bonds is 49. The van der Waals surface area contributed by atoms with E-state index in [0.29, 0.717) is 285 Å². The number of aromatic hydroxyl groups is 2. The third-order valence-corrected chi connectivity index (χ3v) is 20.0. The van der Waals surface area contributed by atoms with Crippen LogP contribution in [-0.4, -0.2) is 303 Å². The normalized spacial score (nSPS) is 28.0. The Balaban J connectivity index is 0.735. The molecule has 2 spiro atoms. The third kappa shape index (κ3) is 15.4. The predicted molar refractivity (Wildman–Crippen MR) is 337 cm³/mol. The van der Waals surface area contributed by atoms with Crippen molar-refractivity contribution in [3.63, 3.8) is 0 Å². The predicted octanol–water partition coefficient (Wildman–Crippen LogP) is 3.71. The first-order valence-corrected chi connectivity index (χ1v) is 33.5. The summed E-state index contributed by atoms with van der Waals surface area (Å²) in [5, 5.41) is 52.1. The van der Waals surface area contributed by atoms with Gasteiger partial charge in [0.2, 0.25) is 0 Å². The van der Waals surface area contributed by atoms with Gasteiger partial charge in [-0.1, -0.05) is 12.2 Å². The van der Waals surface area contributed by atoms with Crippen LogP contribution in [0.3, 0.4) is 0 Å². The minimum Gasteiger partial charge on any atom is -0.504 e. The Hall–Kier alpha value is -3.68. The van der Waals surface area contributed by atoms with E-state index in [4.69, 9.17) is 85.3 Å². The van der Waals surface area contributed by atoms with Gasteiger partial charge in [0.1, 0.15) is 12.2 Å². The maximum atomic E-state index is 13.3. The quantitative estimate of drug-likeness (QED) is 0.0544. The van der Waals surface area contributed by atoms with Gasteiger partial charge in [0.15, 0.2) is 23.0 Å². The summed E-state index contributed by atoms with van der Waals surface area (Å²) in [6, 6.07) is 3.47. The van der Waals surface area contributed by atoms with Gasteiger partial charge >= 0.3 is 0 Å². The molecule has 4 heterocycles. The van der Waals surface area contributed by atoms with E-state index < -0.39 is 46.4 Å². The highest BCUT2D eigenvalue weighted by Crippen LogP contribution is 2.70. The Kier molecular flexibility index (Phi) is 27.1. The maximum Gasteiger partial charge on any atom is 0.166 e. The molecule has 0 unspecified atom stereocenters. The Morgan fingerprint density at radius 2 is 0.717 bits per heavy atom. The van der Waals surface area contributed by atoms with E-state index in [2.05, 4.69) is 23.0 Å². The summed E-state index contributed by atoms with van der Waals surface area (Å²) in [5.41, 5.74) is 0.304. The van der Waals surface area contributed by atoms with Crippen LogP contribution < -0.4 is 9.47 Å². The Labute approximate surface area is 542 Å². The standard InChI is InChI=1S/C68H104N2O22/c1-5-13-69-15-11-65-57-49-45-51(59(71)61(57)91-63(65)53(7-9-67(65,73)55(69)47-49)89-43-41-87-39-37-85-35-33-83-31-29-81-27-25-79-23-21-77-19-17-75-3)52-46-50-48-56-68(74)10-8-54(64-66(68,12-16-70(56)14-6-2)58(50)62(92-64)60(52)72)90-44-42-88-40-38-86-36-34-84-32-30-82-28-26-80-24-22-78-20-18-76-4/h5-6,45-46,53-56,63-64,71-74H,1-2,7-44,47-48H2,3-4H3/t53-,54-,55+,56+,63-,64-,65-,66-,67+,68+/m0/s1. The highest BCUT2D eigenvalue weighted by Gasteiger charge is 2.75. The summed E-state index contributed by atoms with van der Waals surface area (Å²) in [5.74, 6) is 0.443. The van der Waals surface area contributed by atoms with Crippen molar-refractivity contribution in [1.29, 1.82) is 0 Å². The molecular formula is C68H104N2O22. The average molecular weight is 1300 g/mol. The van der Waals surface area contributed by atoms with E-state index in [1.165, 1.54) is 0 Å². The molecule has 518 valence electrons. The summed E-state index contributed by atoms with van der Waals surface area (Å²) < 4.78 is 105. The van der Waals surface area contributed by atoms with E-state index in [0.717, 1.165) is 22.3 Å². The fourth-order valence-corrected chi connectivity index (χ4v) is 16.0. The minimum absolute atomic E-state index is 0.104. The minimum atomic E-state index is -1.18. The van der Waals surface area contributed by atoms with Gasteiger partial charge < -0.3 is 106 Å². The zero-order valence-electron chi connectivity index (χ0n) is 54.5. The molecule has 24 nitrogen and oxygen atoms in total. The molecule has 0 radical (unpaired) electrons. The first-order valence-electron chi connectivity index (χ1n) is 33.5. The van der Waals surface area contributed by atoms with Gasteiger partial charge in [-0.05, 0) is 87.7 Å². The SMILES string of the molecule is C=CCN1CC[C@]23c4c5cc(-c6cc7c8c(c6O)O[C@H]6[C@@H](OCCOCCOCCOCCOCCOCCOCCOC)CC[C@@]9(O)[C@@H](C7)N(CC=C)CC[C@]869)c(O)c4O[C@H]2[C@@H](OCCOCCOCCOCCOCCOCCOCCOC)CC[C@@]3(O)[C@H]1C5. The number of benzene rings is 2. The highest BCUT2D eigenvalue weighted by molar-refractivity contribution is 5.86. The summed E-state index contributed by atoms with van der Waals surface area (Å²) in [4.78, 5) is 4.65. The monoisotopic (exact) mass is 1300 g/mol. The van der Waals surface area contributed by atoms with Crippen LogP contribution in [0.25, 0.3) is 11.1 Å². The van der Waals surface area contributed by atoms with Gasteiger partial charge in [0.25, 0.3) is 0 Å². The fourth-order valence-electron chi connectivity index (χ4n) is 16.0. The van der Waals surface area contributed by atoms with Crippen molar-refractivity contribution in [2.75, 3.05) is 225 Å². The second kappa shape index (κ2) is 35.0. The van der Waals surface area contributed by atoms with Crippen LogP contribution in [0.15, 0.2) is 37.4 Å². The smallest absolute Gasteiger partial charge is 0.166 e. The molecular weight excluding hydrogens is 1200 g/mol. The number of nitrogens with zero attached hydrogens (tertiary/aromatic N) is 2. The molecule has 2 saturated heterocycles. The Bertz CT molecular complexity index is 2450. The van der Waals surface area contributed by atoms with Crippen LogP contribution in [0.1, 0.15) is 60.8 Å². The topological polar surface area (TPSA) is 254 Å². The first-order chi connectivity index (χ1) is 45.1. The molecule has 4 aliphatic heterocycles. The van der Waals surface area contributed by atoms with E-state index >= 15 is 0 Å². The van der Waals surface area contributed by atoms with Crippen LogP contribution in [-0.2, 0) is 99.5 Å². The molecule has 92 heavy (non-hydrogen) atoms. The molecule has 8 aliphatic rings. The lowest BCUT2D eigenvalue weighted by Gasteiger charge is -2.64. The summed E-state index contributed by atoms with van der Waals surface area (Å²) in [7, 11) is 3.28. The Morgan fingerprint density at radius 1 is 0.435 bits per heavy atom. The lowest BCUT2D eigenvalue weighted by Crippen LogP contribution is -2.77. The average Bonchev–Trinajstić information content (AvgIpc) is 1.42. The highest BCUT2D eigenvalue weighted by atomic mass is 16.6. The van der Waals surface area contributed by atoms with E-state index in [1.807, 2.05) is 24.3 Å². The molecule has 0 amide bonds. The van der Waals surface area contributed by atoms with Crippen molar-refractivity contribution in [3.8, 4) is 34.1 Å². The van der Waals surface area contributed by atoms with Crippen molar-refractivity contribution in [3.05, 3.63) is 59.7 Å². The maximum absolute atomic E-state index is 13.3. The van der Waals surface area contributed by atoms with Crippen molar-refractivity contribution in [2.45, 2.75) is 110 Å². The van der Waals surface area contributed by atoms with E-state index in [9.17, 15) is 20.4 Å². The van der Waals surface area contributed by atoms with Gasteiger partial charge in [0.05, 0.1) is 219 Å². The lowest BCUT2D eigenvalue weighted by molar-refractivity contribution is -0.215. The molecule has 4 bridgehead atoms. The molecule has 2 aromatic carbocycles. The summed E-state index contributed by atoms with van der Waals surface area (Å²) in [6.45, 7) is 23.5. The Morgan fingerprint density at radius 3 is 1.00 bits per heavy atom. The van der Waals surface area contributed by atoms with Crippen LogP contribution in [0, 0.1) is 0 Å². The number of aliphatic hydroxyl groups is 2. The van der Waals surface area contributed by atoms with Crippen molar-refractivity contribution in [2.24, 2.45) is 0 Å². The van der Waals surface area contributed by atoms with Gasteiger partial charge in [0, 0.05) is 61.6 Å². The molecule has 2 saturated carbocycles. The molecule has 4 fully saturated rings. The van der Waals surface area contributed by atoms with Crippen molar-refractivity contribution >= 4 is 0 Å². The molecule has 10 rings (SSSR count). The zero-order chi connectivity index (χ0) is 64.2. The van der Waals surface area contributed by atoms with Crippen LogP contribution >= 0.6 is 0 Å². The zero-order valence-corrected chi connectivity index (χ0v) is 54.5. The van der Waals surface area contributed by atoms with Gasteiger partial charge in [-0.15, -0.1) is 13.2 Å². The summed E-state index contributed by atoms with van der Waals surface area (Å²) in [6.07, 6.45) is 6.01. The molecule has 4 N–H and O–H groups in total. The summed E-state index contributed by atoms with van der Waals surface area (Å²) >= 11 is 0. The van der Waals surface area contributed by atoms with Crippen LogP contribution in [0.2, 0.25) is 0 Å². The fraction of sp³-hybridized carbons (Fsp3) is 0.765. The number of hydrogen-bond acceptors (Lipinski definition) is 24. The second-order valence-electron chi connectivity index (χ2n) is 24.9. The number of ether oxygens (including phenoxy) is 18. The van der Waals surface area contributed by atoms with E-state index in [-0.39, 0.29) is 23.6 Å². The number of phenols is 2. The van der Waals surface area contributed by atoms with Gasteiger partial charge in [-0.3, -0.25) is 9.80 Å². The molecule has 10 atom stereocenters. The molecule has 0 aromatic heterocycles. The third-order valence-electron chi connectivity index (χ3n) is 20.0. The van der Waals surface area contributed by atoms with Crippen LogP contribution in [0.4, 0.5) is 0 Å². The first kappa shape index (κ1) is 71.1. The molecule has 2 aromatic rings. The van der Waals surface area contributed by atoms with Gasteiger partial charge in [-0.2, -0.15) is 0 Å². The van der Waals surface area contributed by atoms with E-state index in [1.54, 1.807) is 14.2 Å². The lowest BCUT2D eigenvalue weighted by atomic mass is 9.48. The molecule has 4 aliphatic carbocycles. The second-order valence-corrected chi connectivity index (χ2v) is 24.9. The number of piperidine rings is 2. The number of likely N-dealkylation sites (tertiary alicyclic amines) is 2. The number of phenolic OH excluding ortho intramolecular Hbond substituents is 2.